The molecule has 0 aliphatic heterocycles. The topological polar surface area (TPSA) is 89.6 Å². The Morgan fingerprint density at radius 2 is 2.20 bits per heavy atom. The Labute approximate surface area is 93.8 Å². The average molecular weight is 247 g/mol. The highest BCUT2D eigenvalue weighted by Gasteiger charge is 2.06. The quantitative estimate of drug-likeness (QED) is 0.870. The van der Waals surface area contributed by atoms with Crippen LogP contribution in [0, 0.1) is 0 Å². The zero-order valence-corrected chi connectivity index (χ0v) is 8.70. The maximum Gasteiger partial charge on any atom is 0.245 e. The Kier molecular flexibility index (Phi) is 2.93. The van der Waals surface area contributed by atoms with Crippen LogP contribution in [0.2, 0.25) is 10.4 Å². The molecule has 0 aromatic carbocycles. The highest BCUT2D eigenvalue weighted by Crippen LogP contribution is 2.16. The summed E-state index contributed by atoms with van der Waals surface area (Å²) in [5, 5.41) is 13.6. The molecule has 2 heterocycles. The van der Waals surface area contributed by atoms with Crippen molar-refractivity contribution in [2.24, 2.45) is 0 Å². The van der Waals surface area contributed by atoms with Gasteiger partial charge in [0.25, 0.3) is 0 Å². The summed E-state index contributed by atoms with van der Waals surface area (Å²) >= 11 is 11.3. The molecule has 78 valence electrons. The number of halogens is 2. The third kappa shape index (κ3) is 2.51. The minimum absolute atomic E-state index is 0.00927. The first-order valence-corrected chi connectivity index (χ1v) is 4.56. The zero-order chi connectivity index (χ0) is 10.7. The maximum atomic E-state index is 5.71. The second-order valence-corrected chi connectivity index (χ2v) is 3.12. The third-order valence-electron chi connectivity index (χ3n) is 1.44. The lowest BCUT2D eigenvalue weighted by Gasteiger charge is -2.02. The molecule has 0 amide bonds. The van der Waals surface area contributed by atoms with Crippen LogP contribution in [0.4, 0.5) is 5.82 Å². The number of aromatic nitrogens is 5. The Morgan fingerprint density at radius 1 is 1.33 bits per heavy atom. The van der Waals surface area contributed by atoms with E-state index in [4.69, 9.17) is 23.2 Å². The standard InChI is InChI=1S/C6H4Cl2N6O/c7-4-5(11-6(8)13-12-4)9-1-3-10-2-15-14-3/h2H,1H2,(H,9,11,13). The molecule has 0 bridgehead atoms. The summed E-state index contributed by atoms with van der Waals surface area (Å²) in [6.07, 6.45) is 1.23. The van der Waals surface area contributed by atoms with Crippen LogP contribution >= 0.6 is 23.2 Å². The fraction of sp³-hybridized carbons (Fsp3) is 0.167. The van der Waals surface area contributed by atoms with Gasteiger partial charge in [0.2, 0.25) is 11.7 Å². The molecule has 0 saturated carbocycles. The van der Waals surface area contributed by atoms with E-state index in [0.29, 0.717) is 18.2 Å². The van der Waals surface area contributed by atoms with Crippen LogP contribution in [0.3, 0.4) is 0 Å². The summed E-state index contributed by atoms with van der Waals surface area (Å²) in [6.45, 7) is 0.311. The van der Waals surface area contributed by atoms with Gasteiger partial charge < -0.3 is 9.84 Å². The molecule has 7 nitrogen and oxygen atoms in total. The van der Waals surface area contributed by atoms with Crippen molar-refractivity contribution in [2.45, 2.75) is 6.54 Å². The van der Waals surface area contributed by atoms with E-state index >= 15 is 0 Å². The Hall–Kier alpha value is -1.47. The highest BCUT2D eigenvalue weighted by molar-refractivity contribution is 6.32. The molecule has 2 rings (SSSR count). The molecule has 0 spiro atoms. The molecule has 2 aromatic rings. The largest absolute Gasteiger partial charge is 0.360 e. The summed E-state index contributed by atoms with van der Waals surface area (Å²) in [7, 11) is 0. The van der Waals surface area contributed by atoms with Gasteiger partial charge in [-0.2, -0.15) is 9.97 Å². The number of rotatable bonds is 3. The van der Waals surface area contributed by atoms with E-state index in [1.54, 1.807) is 0 Å². The van der Waals surface area contributed by atoms with Crippen molar-refractivity contribution in [1.29, 1.82) is 0 Å². The lowest BCUT2D eigenvalue weighted by atomic mass is 10.5. The van der Waals surface area contributed by atoms with Crippen LogP contribution in [0.25, 0.3) is 0 Å². The summed E-state index contributed by atoms with van der Waals surface area (Å²) in [4.78, 5) is 7.64. The van der Waals surface area contributed by atoms with E-state index < -0.39 is 0 Å². The molecule has 15 heavy (non-hydrogen) atoms. The van der Waals surface area contributed by atoms with Gasteiger partial charge in [-0.05, 0) is 11.6 Å². The first-order chi connectivity index (χ1) is 7.25. The van der Waals surface area contributed by atoms with Crippen LogP contribution in [0.5, 0.6) is 0 Å². The molecule has 9 heteroatoms. The van der Waals surface area contributed by atoms with Crippen LogP contribution in [0.15, 0.2) is 10.9 Å². The lowest BCUT2D eigenvalue weighted by molar-refractivity contribution is 0.411. The van der Waals surface area contributed by atoms with Gasteiger partial charge in [0.1, 0.15) is 0 Å². The first kappa shape index (κ1) is 10.1. The average Bonchev–Trinajstić information content (AvgIpc) is 2.72. The van der Waals surface area contributed by atoms with Crippen LogP contribution in [-0.2, 0) is 6.54 Å². The Morgan fingerprint density at radius 3 is 2.93 bits per heavy atom. The monoisotopic (exact) mass is 246 g/mol. The van der Waals surface area contributed by atoms with Gasteiger partial charge in [0.15, 0.2) is 16.8 Å². The van der Waals surface area contributed by atoms with Gasteiger partial charge in [0, 0.05) is 0 Å². The first-order valence-electron chi connectivity index (χ1n) is 3.80. The predicted molar refractivity (Wildman–Crippen MR) is 51.5 cm³/mol. The van der Waals surface area contributed by atoms with E-state index in [0.717, 1.165) is 0 Å². The van der Waals surface area contributed by atoms with Gasteiger partial charge in [-0.1, -0.05) is 16.8 Å². The minimum Gasteiger partial charge on any atom is -0.360 e. The van der Waals surface area contributed by atoms with Crippen molar-refractivity contribution in [2.75, 3.05) is 5.32 Å². The van der Waals surface area contributed by atoms with Crippen molar-refractivity contribution in [3.63, 3.8) is 0 Å². The van der Waals surface area contributed by atoms with Crippen molar-refractivity contribution in [1.82, 2.24) is 25.3 Å². The van der Waals surface area contributed by atoms with Gasteiger partial charge in [0.05, 0.1) is 6.54 Å². The second-order valence-electron chi connectivity index (χ2n) is 2.42. The molecular formula is C6H4Cl2N6O. The number of nitrogens with zero attached hydrogens (tertiary/aromatic N) is 5. The van der Waals surface area contributed by atoms with Gasteiger partial charge in [-0.25, -0.2) is 0 Å². The maximum absolute atomic E-state index is 5.71. The summed E-state index contributed by atoms with van der Waals surface area (Å²) in [6, 6.07) is 0. The number of nitrogens with one attached hydrogen (secondary N) is 1. The molecule has 1 N–H and O–H groups in total. The summed E-state index contributed by atoms with van der Waals surface area (Å²) in [5.74, 6) is 0.794. The molecule has 0 aliphatic rings. The number of hydrogen-bond acceptors (Lipinski definition) is 7. The molecular weight excluding hydrogens is 243 g/mol. The SMILES string of the molecule is Clc1nnc(Cl)c(NCc2ncon2)n1. The van der Waals surface area contributed by atoms with Crippen molar-refractivity contribution < 1.29 is 4.52 Å². The van der Waals surface area contributed by atoms with E-state index in [-0.39, 0.29) is 10.4 Å². The molecule has 0 atom stereocenters. The van der Waals surface area contributed by atoms with Crippen molar-refractivity contribution in [3.05, 3.63) is 22.7 Å². The van der Waals surface area contributed by atoms with Gasteiger partial charge >= 0.3 is 0 Å². The third-order valence-corrected chi connectivity index (χ3v) is 1.86. The summed E-state index contributed by atoms with van der Waals surface area (Å²) < 4.78 is 4.55. The van der Waals surface area contributed by atoms with Crippen LogP contribution in [-0.4, -0.2) is 25.3 Å². The molecule has 0 radical (unpaired) electrons. The van der Waals surface area contributed by atoms with E-state index in [9.17, 15) is 0 Å². The summed E-state index contributed by atoms with van der Waals surface area (Å²) in [5.41, 5.74) is 0. The number of anilines is 1. The van der Waals surface area contributed by atoms with E-state index in [2.05, 4.69) is 35.2 Å². The molecule has 0 aliphatic carbocycles. The Balaban J connectivity index is 2.07. The van der Waals surface area contributed by atoms with E-state index in [1.165, 1.54) is 6.39 Å². The fourth-order valence-electron chi connectivity index (χ4n) is 0.839. The molecule has 0 unspecified atom stereocenters. The number of hydrogen-bond donors (Lipinski definition) is 1. The van der Waals surface area contributed by atoms with E-state index in [1.807, 2.05) is 0 Å². The molecule has 2 aromatic heterocycles. The van der Waals surface area contributed by atoms with Crippen molar-refractivity contribution >= 4 is 29.0 Å². The highest BCUT2D eigenvalue weighted by atomic mass is 35.5. The normalized spacial score (nSPS) is 10.3. The van der Waals surface area contributed by atoms with Crippen molar-refractivity contribution in [3.8, 4) is 0 Å². The molecule has 0 fully saturated rings. The lowest BCUT2D eigenvalue weighted by Crippen LogP contribution is -2.05. The van der Waals surface area contributed by atoms with Gasteiger partial charge in [-0.15, -0.1) is 10.2 Å². The van der Waals surface area contributed by atoms with Crippen LogP contribution < -0.4 is 5.32 Å². The van der Waals surface area contributed by atoms with Crippen LogP contribution in [0.1, 0.15) is 5.82 Å². The minimum atomic E-state index is 0.00927. The second kappa shape index (κ2) is 4.37. The zero-order valence-electron chi connectivity index (χ0n) is 7.18. The fourth-order valence-corrected chi connectivity index (χ4v) is 1.11. The smallest absolute Gasteiger partial charge is 0.245 e. The molecule has 0 saturated heterocycles. The predicted octanol–water partition coefficient (Wildman–Crippen LogP) is 1.17. The Bertz CT molecular complexity index is 447. The van der Waals surface area contributed by atoms with Gasteiger partial charge in [-0.3, -0.25) is 0 Å².